The Hall–Kier alpha value is -3.59. The Bertz CT molecular complexity index is 1060. The topological polar surface area (TPSA) is 38.7 Å². The van der Waals surface area contributed by atoms with Crippen molar-refractivity contribution in [3.05, 3.63) is 91.6 Å². The van der Waals surface area contributed by atoms with Crippen LogP contribution in [0.2, 0.25) is 0 Å². The third-order valence-electron chi connectivity index (χ3n) is 4.68. The van der Waals surface area contributed by atoms with Gasteiger partial charge in [-0.2, -0.15) is 0 Å². The normalized spacial score (nSPS) is 11.1. The average Bonchev–Trinajstić information content (AvgIpc) is 2.73. The van der Waals surface area contributed by atoms with E-state index in [9.17, 15) is 0 Å². The first-order valence-electron chi connectivity index (χ1n) is 8.54. The summed E-state index contributed by atoms with van der Waals surface area (Å²) in [5.74, 6) is 0. The maximum atomic E-state index is 4.75. The van der Waals surface area contributed by atoms with Gasteiger partial charge in [0.15, 0.2) is 0 Å². The molecule has 0 aliphatic carbocycles. The zero-order valence-electron chi connectivity index (χ0n) is 14.0. The van der Waals surface area contributed by atoms with E-state index < -0.39 is 0 Å². The van der Waals surface area contributed by atoms with Gasteiger partial charge in [0.1, 0.15) is 0 Å². The van der Waals surface area contributed by atoms with Gasteiger partial charge in [-0.1, -0.05) is 42.5 Å². The third kappa shape index (κ3) is 2.25. The van der Waals surface area contributed by atoms with Crippen molar-refractivity contribution < 1.29 is 0 Å². The molecule has 0 aliphatic rings. The Morgan fingerprint density at radius 1 is 0.500 bits per heavy atom. The fraction of sp³-hybridized carbons (Fsp3) is 0. The van der Waals surface area contributed by atoms with E-state index in [0.29, 0.717) is 0 Å². The smallest absolute Gasteiger partial charge is 0.0793 e. The molecule has 3 aromatic heterocycles. The van der Waals surface area contributed by atoms with E-state index in [4.69, 9.17) is 4.98 Å². The Morgan fingerprint density at radius 2 is 1.08 bits per heavy atom. The predicted molar refractivity (Wildman–Crippen MR) is 106 cm³/mol. The number of aromatic nitrogens is 3. The molecule has 26 heavy (non-hydrogen) atoms. The van der Waals surface area contributed by atoms with Gasteiger partial charge in [-0.25, -0.2) is 0 Å². The molecule has 0 bridgehead atoms. The number of rotatable bonds is 2. The lowest BCUT2D eigenvalue weighted by molar-refractivity contribution is 1.33. The molecule has 0 saturated carbocycles. The van der Waals surface area contributed by atoms with Crippen molar-refractivity contribution in [1.82, 2.24) is 15.0 Å². The second kappa shape index (κ2) is 6.05. The van der Waals surface area contributed by atoms with Crippen LogP contribution in [0.4, 0.5) is 0 Å². The van der Waals surface area contributed by atoms with Gasteiger partial charge in [0.2, 0.25) is 0 Å². The largest absolute Gasteiger partial charge is 0.264 e. The van der Waals surface area contributed by atoms with Crippen molar-refractivity contribution in [2.24, 2.45) is 0 Å². The van der Waals surface area contributed by atoms with Crippen LogP contribution in [0, 0.1) is 0 Å². The molecule has 122 valence electrons. The van der Waals surface area contributed by atoms with Crippen molar-refractivity contribution in [3.8, 4) is 22.3 Å². The molecule has 0 aliphatic heterocycles. The van der Waals surface area contributed by atoms with Gasteiger partial charge in [0.05, 0.1) is 5.52 Å². The zero-order valence-corrected chi connectivity index (χ0v) is 14.0. The predicted octanol–water partition coefficient (Wildman–Crippen LogP) is 5.51. The molecule has 0 spiro atoms. The van der Waals surface area contributed by atoms with E-state index in [1.54, 1.807) is 12.4 Å². The summed E-state index contributed by atoms with van der Waals surface area (Å²) >= 11 is 0. The second-order valence-electron chi connectivity index (χ2n) is 6.18. The molecule has 0 amide bonds. The Labute approximate surface area is 151 Å². The van der Waals surface area contributed by atoms with Gasteiger partial charge in [-0.3, -0.25) is 15.0 Å². The highest BCUT2D eigenvalue weighted by Crippen LogP contribution is 2.42. The van der Waals surface area contributed by atoms with E-state index in [1.807, 2.05) is 36.8 Å². The highest BCUT2D eigenvalue weighted by Gasteiger charge is 2.17. The maximum Gasteiger partial charge on any atom is 0.0793 e. The van der Waals surface area contributed by atoms with Crippen molar-refractivity contribution in [2.75, 3.05) is 0 Å². The Morgan fingerprint density at radius 3 is 1.73 bits per heavy atom. The molecule has 5 aromatic rings. The van der Waals surface area contributed by atoms with Crippen LogP contribution < -0.4 is 0 Å². The molecule has 0 saturated heterocycles. The lowest BCUT2D eigenvalue weighted by atomic mass is 9.89. The molecule has 0 unspecified atom stereocenters. The van der Waals surface area contributed by atoms with Crippen LogP contribution in [0.5, 0.6) is 0 Å². The van der Waals surface area contributed by atoms with Crippen LogP contribution in [-0.4, -0.2) is 15.0 Å². The molecule has 3 nitrogen and oxygen atoms in total. The van der Waals surface area contributed by atoms with E-state index in [-0.39, 0.29) is 0 Å². The SMILES string of the molecule is c1cncc(-c2c3ccccc3c(-c3cccnc3)c3ncccc23)c1. The fourth-order valence-electron chi connectivity index (χ4n) is 3.62. The van der Waals surface area contributed by atoms with Gasteiger partial charge in [-0.05, 0) is 29.0 Å². The summed E-state index contributed by atoms with van der Waals surface area (Å²) in [6, 6.07) is 20.7. The summed E-state index contributed by atoms with van der Waals surface area (Å²) in [5, 5.41) is 3.49. The number of hydrogen-bond acceptors (Lipinski definition) is 3. The van der Waals surface area contributed by atoms with E-state index in [1.165, 1.54) is 16.3 Å². The minimum atomic E-state index is 0.984. The summed E-state index contributed by atoms with van der Waals surface area (Å²) in [4.78, 5) is 13.4. The van der Waals surface area contributed by atoms with Crippen molar-refractivity contribution in [3.63, 3.8) is 0 Å². The van der Waals surface area contributed by atoms with E-state index in [2.05, 4.69) is 52.4 Å². The van der Waals surface area contributed by atoms with Crippen molar-refractivity contribution in [2.45, 2.75) is 0 Å². The standard InChI is InChI=1S/C23H15N3/c1-2-9-19-18(8-1)21(16-6-3-11-24-14-16)20-10-5-13-26-23(20)22(19)17-7-4-12-25-15-17/h1-15H. The number of fused-ring (bicyclic) bond motifs is 2. The number of benzene rings is 2. The third-order valence-corrected chi connectivity index (χ3v) is 4.68. The molecule has 0 fully saturated rings. The van der Waals surface area contributed by atoms with E-state index >= 15 is 0 Å². The van der Waals surface area contributed by atoms with Crippen LogP contribution in [0.1, 0.15) is 0 Å². The molecular formula is C23H15N3. The lowest BCUT2D eigenvalue weighted by Gasteiger charge is -2.16. The highest BCUT2D eigenvalue weighted by atomic mass is 14.7. The molecule has 0 N–H and O–H groups in total. The van der Waals surface area contributed by atoms with Crippen molar-refractivity contribution >= 4 is 21.7 Å². The van der Waals surface area contributed by atoms with Crippen LogP contribution in [-0.2, 0) is 0 Å². The van der Waals surface area contributed by atoms with Crippen LogP contribution in [0.15, 0.2) is 91.6 Å². The molecule has 3 heterocycles. The van der Waals surface area contributed by atoms with Crippen LogP contribution in [0.3, 0.4) is 0 Å². The summed E-state index contributed by atoms with van der Waals surface area (Å²) in [6.07, 6.45) is 9.27. The molecule has 2 aromatic carbocycles. The van der Waals surface area contributed by atoms with Crippen LogP contribution in [0.25, 0.3) is 43.9 Å². The first kappa shape index (κ1) is 14.7. The number of pyridine rings is 3. The summed E-state index contributed by atoms with van der Waals surface area (Å²) < 4.78 is 0. The quantitative estimate of drug-likeness (QED) is 0.400. The molecule has 0 radical (unpaired) electrons. The molecule has 3 heteroatoms. The molecule has 5 rings (SSSR count). The highest BCUT2D eigenvalue weighted by molar-refractivity contribution is 6.20. The van der Waals surface area contributed by atoms with Gasteiger partial charge in [0, 0.05) is 58.6 Å². The Balaban J connectivity index is 2.02. The van der Waals surface area contributed by atoms with Gasteiger partial charge in [0.25, 0.3) is 0 Å². The van der Waals surface area contributed by atoms with Crippen molar-refractivity contribution in [1.29, 1.82) is 0 Å². The maximum absolute atomic E-state index is 4.75. The van der Waals surface area contributed by atoms with Gasteiger partial charge >= 0.3 is 0 Å². The van der Waals surface area contributed by atoms with Gasteiger partial charge in [-0.15, -0.1) is 0 Å². The zero-order chi connectivity index (χ0) is 17.3. The molecular weight excluding hydrogens is 318 g/mol. The summed E-state index contributed by atoms with van der Waals surface area (Å²) in [7, 11) is 0. The summed E-state index contributed by atoms with van der Waals surface area (Å²) in [6.45, 7) is 0. The minimum Gasteiger partial charge on any atom is -0.264 e. The van der Waals surface area contributed by atoms with E-state index in [0.717, 1.165) is 27.6 Å². The average molecular weight is 333 g/mol. The number of nitrogens with zero attached hydrogens (tertiary/aromatic N) is 3. The molecule has 0 atom stereocenters. The monoisotopic (exact) mass is 333 g/mol. The lowest BCUT2D eigenvalue weighted by Crippen LogP contribution is -1.92. The second-order valence-corrected chi connectivity index (χ2v) is 6.18. The first-order valence-corrected chi connectivity index (χ1v) is 8.54. The minimum absolute atomic E-state index is 0.984. The van der Waals surface area contributed by atoms with Gasteiger partial charge < -0.3 is 0 Å². The summed E-state index contributed by atoms with van der Waals surface area (Å²) in [5.41, 5.74) is 5.45. The fourth-order valence-corrected chi connectivity index (χ4v) is 3.62. The Kier molecular flexibility index (Phi) is 3.42. The van der Waals surface area contributed by atoms with Crippen LogP contribution >= 0.6 is 0 Å². The number of hydrogen-bond donors (Lipinski definition) is 0. The first-order chi connectivity index (χ1) is 12.9.